The smallest absolute Gasteiger partial charge is 0.267 e. The fourth-order valence-electron chi connectivity index (χ4n) is 2.52. The number of aromatic nitrogens is 2. The predicted octanol–water partition coefficient (Wildman–Crippen LogP) is 2.64. The SMILES string of the molecule is CCc1ccc(/C(C)=N\NC(=O)c2n[nH]c(=O)c3ccccc23)cc1. The summed E-state index contributed by atoms with van der Waals surface area (Å²) >= 11 is 0. The van der Waals surface area contributed by atoms with E-state index in [2.05, 4.69) is 27.6 Å². The summed E-state index contributed by atoms with van der Waals surface area (Å²) in [6, 6.07) is 14.8. The molecule has 2 aromatic carbocycles. The van der Waals surface area contributed by atoms with Crippen molar-refractivity contribution in [3.8, 4) is 0 Å². The molecule has 25 heavy (non-hydrogen) atoms. The zero-order valence-electron chi connectivity index (χ0n) is 14.0. The standard InChI is InChI=1S/C19H18N4O2/c1-3-13-8-10-14(11-9-13)12(2)20-23-19(25)17-15-6-4-5-7-16(15)18(24)22-21-17/h4-11H,3H2,1-2H3,(H,22,24)(H,23,25)/b20-12-. The highest BCUT2D eigenvalue weighted by molar-refractivity contribution is 6.06. The number of fused-ring (bicyclic) bond motifs is 1. The molecule has 6 heteroatoms. The first-order valence-corrected chi connectivity index (χ1v) is 8.01. The molecule has 1 aromatic heterocycles. The second-order valence-corrected chi connectivity index (χ2v) is 5.64. The van der Waals surface area contributed by atoms with Crippen molar-refractivity contribution in [2.75, 3.05) is 0 Å². The summed E-state index contributed by atoms with van der Waals surface area (Å²) in [4.78, 5) is 24.2. The Kier molecular flexibility index (Phi) is 4.70. The van der Waals surface area contributed by atoms with E-state index in [0.717, 1.165) is 12.0 Å². The number of carbonyl (C=O) groups excluding carboxylic acids is 1. The maximum absolute atomic E-state index is 12.4. The van der Waals surface area contributed by atoms with Gasteiger partial charge in [0.2, 0.25) is 0 Å². The van der Waals surface area contributed by atoms with E-state index < -0.39 is 5.91 Å². The molecule has 2 N–H and O–H groups in total. The highest BCUT2D eigenvalue weighted by Gasteiger charge is 2.13. The van der Waals surface area contributed by atoms with Crippen LogP contribution in [0.1, 0.15) is 35.5 Å². The van der Waals surface area contributed by atoms with E-state index >= 15 is 0 Å². The molecule has 0 atom stereocenters. The molecule has 126 valence electrons. The van der Waals surface area contributed by atoms with Crippen LogP contribution in [-0.2, 0) is 6.42 Å². The molecule has 6 nitrogen and oxygen atoms in total. The Bertz CT molecular complexity index is 1000. The lowest BCUT2D eigenvalue weighted by Gasteiger charge is -2.05. The fraction of sp³-hybridized carbons (Fsp3) is 0.158. The number of hydrogen-bond donors (Lipinski definition) is 2. The lowest BCUT2D eigenvalue weighted by atomic mass is 10.1. The van der Waals surface area contributed by atoms with Gasteiger partial charge in [0.25, 0.3) is 11.5 Å². The van der Waals surface area contributed by atoms with Gasteiger partial charge in [-0.05, 0) is 30.5 Å². The maximum Gasteiger partial charge on any atom is 0.292 e. The van der Waals surface area contributed by atoms with Crippen LogP contribution in [-0.4, -0.2) is 21.8 Å². The van der Waals surface area contributed by atoms with Crippen molar-refractivity contribution < 1.29 is 4.79 Å². The third-order valence-corrected chi connectivity index (χ3v) is 4.02. The molecule has 1 heterocycles. The molecule has 0 saturated carbocycles. The van der Waals surface area contributed by atoms with E-state index in [1.165, 1.54) is 5.56 Å². The van der Waals surface area contributed by atoms with Crippen molar-refractivity contribution in [2.45, 2.75) is 20.3 Å². The van der Waals surface area contributed by atoms with Crippen LogP contribution >= 0.6 is 0 Å². The van der Waals surface area contributed by atoms with Crippen molar-refractivity contribution in [3.63, 3.8) is 0 Å². The first kappa shape index (κ1) is 16.6. The number of benzene rings is 2. The summed E-state index contributed by atoms with van der Waals surface area (Å²) in [6.07, 6.45) is 0.970. The Morgan fingerprint density at radius 2 is 1.80 bits per heavy atom. The zero-order chi connectivity index (χ0) is 17.8. The average molecular weight is 334 g/mol. The quantitative estimate of drug-likeness (QED) is 0.568. The number of nitrogens with zero attached hydrogens (tertiary/aromatic N) is 2. The van der Waals surface area contributed by atoms with E-state index in [1.807, 2.05) is 31.2 Å². The molecule has 0 aliphatic carbocycles. The average Bonchev–Trinajstić information content (AvgIpc) is 2.66. The lowest BCUT2D eigenvalue weighted by molar-refractivity contribution is 0.0950. The number of rotatable bonds is 4. The number of hydrogen-bond acceptors (Lipinski definition) is 4. The molecule has 0 spiro atoms. The molecular weight excluding hydrogens is 316 g/mol. The Labute approximate surface area is 144 Å². The van der Waals surface area contributed by atoms with Gasteiger partial charge in [0, 0.05) is 5.39 Å². The summed E-state index contributed by atoms with van der Waals surface area (Å²) in [7, 11) is 0. The van der Waals surface area contributed by atoms with E-state index in [9.17, 15) is 9.59 Å². The largest absolute Gasteiger partial charge is 0.292 e. The minimum Gasteiger partial charge on any atom is -0.267 e. The van der Waals surface area contributed by atoms with E-state index in [4.69, 9.17) is 0 Å². The Morgan fingerprint density at radius 3 is 2.48 bits per heavy atom. The summed E-state index contributed by atoms with van der Waals surface area (Å²) in [5.41, 5.74) is 5.16. The first-order chi connectivity index (χ1) is 12.1. The molecule has 3 aromatic rings. The van der Waals surface area contributed by atoms with E-state index in [1.54, 1.807) is 24.3 Å². The lowest BCUT2D eigenvalue weighted by Crippen LogP contribution is -2.23. The zero-order valence-corrected chi connectivity index (χ0v) is 14.0. The number of aryl methyl sites for hydroxylation is 1. The van der Waals surface area contributed by atoms with Gasteiger partial charge in [-0.25, -0.2) is 10.5 Å². The summed E-state index contributed by atoms with van der Waals surface area (Å²) in [5, 5.41) is 11.2. The first-order valence-electron chi connectivity index (χ1n) is 8.01. The van der Waals surface area contributed by atoms with Crippen molar-refractivity contribution in [3.05, 3.63) is 75.7 Å². The third-order valence-electron chi connectivity index (χ3n) is 4.02. The van der Waals surface area contributed by atoms with Gasteiger partial charge in [0.05, 0.1) is 11.1 Å². The maximum atomic E-state index is 12.4. The molecule has 0 fully saturated rings. The van der Waals surface area contributed by atoms with Crippen molar-refractivity contribution in [1.82, 2.24) is 15.6 Å². The van der Waals surface area contributed by atoms with Crippen LogP contribution in [0.3, 0.4) is 0 Å². The van der Waals surface area contributed by atoms with Crippen LogP contribution in [0.5, 0.6) is 0 Å². The number of hydrazone groups is 1. The van der Waals surface area contributed by atoms with Gasteiger partial charge in [0.15, 0.2) is 5.69 Å². The monoisotopic (exact) mass is 334 g/mol. The van der Waals surface area contributed by atoms with Crippen LogP contribution in [0.2, 0.25) is 0 Å². The fourth-order valence-corrected chi connectivity index (χ4v) is 2.52. The highest BCUT2D eigenvalue weighted by atomic mass is 16.2. The Hall–Kier alpha value is -3.28. The van der Waals surface area contributed by atoms with Crippen molar-refractivity contribution >= 4 is 22.4 Å². The van der Waals surface area contributed by atoms with Gasteiger partial charge in [-0.2, -0.15) is 10.2 Å². The van der Waals surface area contributed by atoms with Gasteiger partial charge in [-0.15, -0.1) is 0 Å². The van der Waals surface area contributed by atoms with Crippen LogP contribution in [0.4, 0.5) is 0 Å². The van der Waals surface area contributed by atoms with Gasteiger partial charge >= 0.3 is 0 Å². The Morgan fingerprint density at radius 1 is 1.12 bits per heavy atom. The van der Waals surface area contributed by atoms with E-state index in [0.29, 0.717) is 16.5 Å². The molecular formula is C19H18N4O2. The molecule has 0 aliphatic rings. The number of amides is 1. The van der Waals surface area contributed by atoms with Gasteiger partial charge in [0.1, 0.15) is 0 Å². The minimum absolute atomic E-state index is 0.132. The molecule has 0 radical (unpaired) electrons. The second kappa shape index (κ2) is 7.09. The molecule has 0 saturated heterocycles. The molecule has 3 rings (SSSR count). The third kappa shape index (κ3) is 3.47. The van der Waals surface area contributed by atoms with Crippen LogP contribution in [0, 0.1) is 0 Å². The number of carbonyl (C=O) groups is 1. The summed E-state index contributed by atoms with van der Waals surface area (Å²) in [5.74, 6) is -0.475. The van der Waals surface area contributed by atoms with E-state index in [-0.39, 0.29) is 11.3 Å². The van der Waals surface area contributed by atoms with Crippen molar-refractivity contribution in [2.24, 2.45) is 5.10 Å². The summed E-state index contributed by atoms with van der Waals surface area (Å²) < 4.78 is 0. The molecule has 1 amide bonds. The normalized spacial score (nSPS) is 11.5. The van der Waals surface area contributed by atoms with Crippen LogP contribution in [0.25, 0.3) is 10.8 Å². The topological polar surface area (TPSA) is 87.2 Å². The molecule has 0 aliphatic heterocycles. The van der Waals surface area contributed by atoms with Crippen LogP contribution < -0.4 is 11.0 Å². The van der Waals surface area contributed by atoms with Crippen molar-refractivity contribution in [1.29, 1.82) is 0 Å². The number of nitrogens with one attached hydrogen (secondary N) is 2. The predicted molar refractivity (Wildman–Crippen MR) is 97.9 cm³/mol. The molecule has 0 unspecified atom stereocenters. The molecule has 0 bridgehead atoms. The van der Waals surface area contributed by atoms with Gasteiger partial charge in [-0.1, -0.05) is 49.4 Å². The van der Waals surface area contributed by atoms with Gasteiger partial charge in [-0.3, -0.25) is 9.59 Å². The van der Waals surface area contributed by atoms with Gasteiger partial charge < -0.3 is 0 Å². The van der Waals surface area contributed by atoms with Crippen LogP contribution in [0.15, 0.2) is 58.4 Å². The number of aromatic amines is 1. The Balaban J connectivity index is 1.85. The number of H-pyrrole nitrogens is 1. The minimum atomic E-state index is -0.475. The highest BCUT2D eigenvalue weighted by Crippen LogP contribution is 2.12. The second-order valence-electron chi connectivity index (χ2n) is 5.64. The summed E-state index contributed by atoms with van der Waals surface area (Å²) in [6.45, 7) is 3.91.